The average Bonchev–Trinajstić information content (AvgIpc) is 3.04. The zero-order valence-electron chi connectivity index (χ0n) is 15.3. The van der Waals surface area contributed by atoms with E-state index in [2.05, 4.69) is 4.98 Å². The van der Waals surface area contributed by atoms with E-state index in [9.17, 15) is 9.59 Å². The Morgan fingerprint density at radius 2 is 1.85 bits per heavy atom. The van der Waals surface area contributed by atoms with Crippen LogP contribution in [0.25, 0.3) is 22.1 Å². The number of furan rings is 1. The fourth-order valence-electron chi connectivity index (χ4n) is 3.10. The quantitative estimate of drug-likeness (QED) is 0.411. The molecular formula is C21H18N2O4. The molecule has 4 rings (SSSR count). The number of para-hydroxylation sites is 1. The van der Waals surface area contributed by atoms with Crippen LogP contribution in [0, 0.1) is 20.8 Å². The third kappa shape index (κ3) is 2.89. The van der Waals surface area contributed by atoms with E-state index in [4.69, 9.17) is 9.15 Å². The summed E-state index contributed by atoms with van der Waals surface area (Å²) in [4.78, 5) is 29.4. The third-order valence-corrected chi connectivity index (χ3v) is 4.74. The van der Waals surface area contributed by atoms with Gasteiger partial charge in [-0.1, -0.05) is 24.3 Å². The van der Waals surface area contributed by atoms with Crippen molar-refractivity contribution < 1.29 is 13.9 Å². The number of hydrogen-bond acceptors (Lipinski definition) is 5. The Kier molecular flexibility index (Phi) is 4.03. The standard InChI is InChI=1S/C21H18N2O4/c1-12-8-9-13(2)19(14(12)3)27-17(24)10-23-11-22-18-15-6-4-5-7-16(15)26-20(18)21(23)25/h4-9,11H,10H2,1-3H3. The lowest BCUT2D eigenvalue weighted by Gasteiger charge is -2.12. The van der Waals surface area contributed by atoms with Gasteiger partial charge in [-0.25, -0.2) is 9.78 Å². The number of carbonyl (C=O) groups excluding carboxylic acids is 1. The van der Waals surface area contributed by atoms with Crippen molar-refractivity contribution in [3.63, 3.8) is 0 Å². The molecule has 2 aromatic heterocycles. The average molecular weight is 362 g/mol. The molecule has 4 aromatic rings. The Labute approximate surface area is 155 Å². The highest BCUT2D eigenvalue weighted by molar-refractivity contribution is 6.01. The molecule has 0 aliphatic carbocycles. The fraction of sp³-hybridized carbons (Fsp3) is 0.190. The van der Waals surface area contributed by atoms with Crippen molar-refractivity contribution in [1.82, 2.24) is 9.55 Å². The predicted molar refractivity (Wildman–Crippen MR) is 102 cm³/mol. The van der Waals surface area contributed by atoms with Crippen LogP contribution in [0.2, 0.25) is 0 Å². The number of hydrogen-bond donors (Lipinski definition) is 0. The molecule has 27 heavy (non-hydrogen) atoms. The van der Waals surface area contributed by atoms with E-state index < -0.39 is 11.5 Å². The van der Waals surface area contributed by atoms with Gasteiger partial charge in [-0.05, 0) is 49.6 Å². The molecule has 136 valence electrons. The molecule has 0 spiro atoms. The highest BCUT2D eigenvalue weighted by Gasteiger charge is 2.16. The SMILES string of the molecule is Cc1ccc(C)c(OC(=O)Cn2cnc3c(oc4ccccc43)c2=O)c1C. The molecule has 0 amide bonds. The summed E-state index contributed by atoms with van der Waals surface area (Å²) in [5, 5.41) is 0.769. The molecule has 2 aromatic carbocycles. The Hall–Kier alpha value is -3.41. The molecule has 0 fully saturated rings. The summed E-state index contributed by atoms with van der Waals surface area (Å²) in [5.41, 5.74) is 3.60. The van der Waals surface area contributed by atoms with Crippen molar-refractivity contribution in [2.75, 3.05) is 0 Å². The van der Waals surface area contributed by atoms with Gasteiger partial charge in [0.05, 0.1) is 6.33 Å². The third-order valence-electron chi connectivity index (χ3n) is 4.74. The number of carbonyl (C=O) groups is 1. The van der Waals surface area contributed by atoms with Gasteiger partial charge in [-0.2, -0.15) is 0 Å². The van der Waals surface area contributed by atoms with E-state index in [1.54, 1.807) is 6.07 Å². The summed E-state index contributed by atoms with van der Waals surface area (Å²) in [7, 11) is 0. The van der Waals surface area contributed by atoms with Gasteiger partial charge in [0, 0.05) is 5.39 Å². The second-order valence-corrected chi connectivity index (χ2v) is 6.58. The number of aryl methyl sites for hydroxylation is 2. The summed E-state index contributed by atoms with van der Waals surface area (Å²) >= 11 is 0. The van der Waals surface area contributed by atoms with Crippen LogP contribution in [0.4, 0.5) is 0 Å². The first kappa shape index (κ1) is 17.0. The van der Waals surface area contributed by atoms with Gasteiger partial charge in [0.2, 0.25) is 5.58 Å². The number of rotatable bonds is 3. The number of esters is 1. The number of nitrogens with zero attached hydrogens (tertiary/aromatic N) is 2. The Morgan fingerprint density at radius 1 is 1.11 bits per heavy atom. The van der Waals surface area contributed by atoms with Crippen LogP contribution in [0.3, 0.4) is 0 Å². The minimum absolute atomic E-state index is 0.134. The first-order chi connectivity index (χ1) is 13.0. The van der Waals surface area contributed by atoms with Gasteiger partial charge < -0.3 is 9.15 Å². The molecule has 0 saturated carbocycles. The number of benzene rings is 2. The van der Waals surface area contributed by atoms with Crippen LogP contribution in [0.15, 0.2) is 51.9 Å². The van der Waals surface area contributed by atoms with Gasteiger partial charge in [-0.15, -0.1) is 0 Å². The van der Waals surface area contributed by atoms with Crippen molar-refractivity contribution in [2.45, 2.75) is 27.3 Å². The van der Waals surface area contributed by atoms with Crippen LogP contribution in [-0.2, 0) is 11.3 Å². The van der Waals surface area contributed by atoms with Crippen LogP contribution in [0.1, 0.15) is 16.7 Å². The van der Waals surface area contributed by atoms with E-state index in [0.29, 0.717) is 16.8 Å². The topological polar surface area (TPSA) is 74.3 Å². The van der Waals surface area contributed by atoms with Gasteiger partial charge in [0.25, 0.3) is 5.56 Å². The predicted octanol–water partition coefficient (Wildman–Crippen LogP) is 3.67. The molecule has 0 atom stereocenters. The largest absolute Gasteiger partial charge is 0.448 e. The molecule has 0 bridgehead atoms. The maximum Gasteiger partial charge on any atom is 0.331 e. The highest BCUT2D eigenvalue weighted by Crippen LogP contribution is 2.26. The second kappa shape index (κ2) is 6.39. The zero-order valence-corrected chi connectivity index (χ0v) is 15.3. The molecule has 0 radical (unpaired) electrons. The van der Waals surface area contributed by atoms with Crippen molar-refractivity contribution in [2.24, 2.45) is 0 Å². The van der Waals surface area contributed by atoms with E-state index >= 15 is 0 Å². The Morgan fingerprint density at radius 3 is 2.67 bits per heavy atom. The summed E-state index contributed by atoms with van der Waals surface area (Å²) in [6, 6.07) is 11.2. The van der Waals surface area contributed by atoms with E-state index in [-0.39, 0.29) is 12.1 Å². The molecular weight excluding hydrogens is 344 g/mol. The molecule has 0 N–H and O–H groups in total. The van der Waals surface area contributed by atoms with Crippen LogP contribution >= 0.6 is 0 Å². The Balaban J connectivity index is 1.67. The smallest absolute Gasteiger partial charge is 0.331 e. The number of fused-ring (bicyclic) bond motifs is 3. The Bertz CT molecular complexity index is 1250. The second-order valence-electron chi connectivity index (χ2n) is 6.58. The maximum atomic E-state index is 12.7. The minimum atomic E-state index is -0.536. The number of aromatic nitrogens is 2. The number of ether oxygens (including phenoxy) is 1. The first-order valence-corrected chi connectivity index (χ1v) is 8.60. The lowest BCUT2D eigenvalue weighted by Crippen LogP contribution is -2.27. The lowest BCUT2D eigenvalue weighted by atomic mass is 10.1. The van der Waals surface area contributed by atoms with Crippen LogP contribution < -0.4 is 10.3 Å². The van der Waals surface area contributed by atoms with Gasteiger partial charge >= 0.3 is 5.97 Å². The normalized spacial score (nSPS) is 11.2. The fourth-order valence-corrected chi connectivity index (χ4v) is 3.10. The molecule has 2 heterocycles. The van der Waals surface area contributed by atoms with E-state index in [1.807, 2.05) is 51.1 Å². The zero-order chi connectivity index (χ0) is 19.1. The van der Waals surface area contributed by atoms with Crippen molar-refractivity contribution >= 4 is 28.0 Å². The lowest BCUT2D eigenvalue weighted by molar-refractivity contribution is -0.135. The molecule has 6 heteroatoms. The minimum Gasteiger partial charge on any atom is -0.448 e. The van der Waals surface area contributed by atoms with Gasteiger partial charge in [0.15, 0.2) is 0 Å². The van der Waals surface area contributed by atoms with Crippen LogP contribution in [-0.4, -0.2) is 15.5 Å². The van der Waals surface area contributed by atoms with Crippen LogP contribution in [0.5, 0.6) is 5.75 Å². The van der Waals surface area contributed by atoms with Crippen molar-refractivity contribution in [3.8, 4) is 5.75 Å². The van der Waals surface area contributed by atoms with Gasteiger partial charge in [0.1, 0.15) is 23.4 Å². The molecule has 0 aliphatic rings. The first-order valence-electron chi connectivity index (χ1n) is 8.60. The van der Waals surface area contributed by atoms with Gasteiger partial charge in [-0.3, -0.25) is 9.36 Å². The summed E-state index contributed by atoms with van der Waals surface area (Å²) < 4.78 is 12.4. The molecule has 0 aliphatic heterocycles. The molecule has 0 unspecified atom stereocenters. The summed E-state index contributed by atoms with van der Waals surface area (Å²) in [6.07, 6.45) is 1.35. The van der Waals surface area contributed by atoms with Crippen molar-refractivity contribution in [1.29, 1.82) is 0 Å². The van der Waals surface area contributed by atoms with E-state index in [1.165, 1.54) is 10.9 Å². The summed E-state index contributed by atoms with van der Waals surface area (Å²) in [6.45, 7) is 5.49. The van der Waals surface area contributed by atoms with E-state index in [0.717, 1.165) is 22.1 Å². The highest BCUT2D eigenvalue weighted by atomic mass is 16.5. The maximum absolute atomic E-state index is 12.7. The monoisotopic (exact) mass is 362 g/mol. The summed E-state index contributed by atoms with van der Waals surface area (Å²) in [5.74, 6) is -0.00279. The molecule has 6 nitrogen and oxygen atoms in total. The molecule has 0 saturated heterocycles. The van der Waals surface area contributed by atoms with Crippen molar-refractivity contribution in [3.05, 3.63) is 69.8 Å².